The van der Waals surface area contributed by atoms with Crippen molar-refractivity contribution < 1.29 is 40.2 Å². The molecule has 0 fully saturated rings. The third-order valence-electron chi connectivity index (χ3n) is 8.07. The Labute approximate surface area is 360 Å². The molecule has 0 bridgehead atoms. The largest absolute Gasteiger partial charge is 0.494 e. The number of azo groups is 2. The summed E-state index contributed by atoms with van der Waals surface area (Å²) in [7, 11) is -4.34. The molecule has 60 heavy (non-hydrogen) atoms. The van der Waals surface area contributed by atoms with E-state index in [-0.39, 0.29) is 27.7 Å². The van der Waals surface area contributed by atoms with Crippen LogP contribution < -0.4 is 29.9 Å². The van der Waals surface area contributed by atoms with Crippen LogP contribution in [0.5, 0.6) is 11.5 Å². The molecule has 5 aromatic rings. The number of aromatic nitrogens is 3. The SMILES string of the molecule is CCN(CC)c1cc(Nc2nc(Nc3cc(N(CC)CC)c(OC)cc3N=Nc3ccc(S(=O)(=O)O)s3)nc(SCCO)n2)c(N=Nc2cccs2)cc1OC.O=S(=O)=O. The van der Waals surface area contributed by atoms with Gasteiger partial charge in [0.05, 0.1) is 43.6 Å². The molecule has 3 heterocycles. The van der Waals surface area contributed by atoms with Crippen LogP contribution in [0.25, 0.3) is 0 Å². The number of nitrogens with zero attached hydrogens (tertiary/aromatic N) is 9. The number of benzene rings is 2. The molecule has 0 aliphatic carbocycles. The first-order chi connectivity index (χ1) is 28.8. The summed E-state index contributed by atoms with van der Waals surface area (Å²) in [6.07, 6.45) is 0. The van der Waals surface area contributed by atoms with Gasteiger partial charge in [-0.2, -0.15) is 23.4 Å². The number of methoxy groups -OCH3 is 2. The van der Waals surface area contributed by atoms with Gasteiger partial charge < -0.3 is 35.0 Å². The van der Waals surface area contributed by atoms with Crippen LogP contribution in [-0.2, 0) is 20.7 Å². The van der Waals surface area contributed by atoms with Gasteiger partial charge in [0.25, 0.3) is 0 Å². The van der Waals surface area contributed by atoms with Crippen LogP contribution in [0.1, 0.15) is 27.7 Å². The lowest BCUT2D eigenvalue weighted by Crippen LogP contribution is -2.22. The summed E-state index contributed by atoms with van der Waals surface area (Å²) in [6.45, 7) is 10.9. The number of thiophene rings is 2. The van der Waals surface area contributed by atoms with Gasteiger partial charge in [0.1, 0.15) is 37.1 Å². The van der Waals surface area contributed by atoms with Gasteiger partial charge in [-0.3, -0.25) is 4.55 Å². The number of hydrogen-bond donors (Lipinski definition) is 4. The maximum Gasteiger partial charge on any atom is 0.425 e. The molecule has 0 atom stereocenters. The van der Waals surface area contributed by atoms with E-state index < -0.39 is 20.7 Å². The Hall–Kier alpha value is -5.31. The highest BCUT2D eigenvalue weighted by molar-refractivity contribution is 7.99. The maximum absolute atomic E-state index is 11.7. The summed E-state index contributed by atoms with van der Waals surface area (Å²) in [4.78, 5) is 18.3. The maximum atomic E-state index is 11.7. The van der Waals surface area contributed by atoms with Crippen molar-refractivity contribution in [2.24, 2.45) is 20.5 Å². The molecule has 4 N–H and O–H groups in total. The van der Waals surface area contributed by atoms with E-state index in [9.17, 15) is 18.1 Å². The Balaban J connectivity index is 0.00000190. The summed E-state index contributed by atoms with van der Waals surface area (Å²) >= 11 is 3.47. The Morgan fingerprint density at radius 2 is 1.27 bits per heavy atom. The second-order valence-corrected chi connectivity index (χ2v) is 16.7. The van der Waals surface area contributed by atoms with E-state index in [2.05, 4.69) is 64.7 Å². The van der Waals surface area contributed by atoms with Crippen LogP contribution in [0.3, 0.4) is 0 Å². The van der Waals surface area contributed by atoms with Crippen LogP contribution in [-0.4, -0.2) is 98.4 Å². The normalized spacial score (nSPS) is 11.3. The number of thioether (sulfide) groups is 1. The molecule has 0 spiro atoms. The van der Waals surface area contributed by atoms with Crippen LogP contribution in [0.15, 0.2) is 83.7 Å². The Morgan fingerprint density at radius 3 is 1.67 bits per heavy atom. The highest BCUT2D eigenvalue weighted by Gasteiger charge is 2.20. The number of nitrogens with one attached hydrogen (secondary N) is 2. The lowest BCUT2D eigenvalue weighted by atomic mass is 10.2. The molecular weight excluding hydrogens is 879 g/mol. The van der Waals surface area contributed by atoms with Gasteiger partial charge in [0.2, 0.25) is 11.9 Å². The summed E-state index contributed by atoms with van der Waals surface area (Å²) in [5.74, 6) is 1.82. The standard InChI is InChI=1S/C35H43N11O6S4.O3S/c1-7-45(8-2)26-18-22(24(20-28(26)51-5)41-43-30-12-11-16-53-30)36-33-38-34(40-35(39-33)54-17-15-47)37-23-19-27(46(9-3)10-4)29(52-6)21-25(23)42-44-31-13-14-32(55-31)56(48,49)50;1-4(2)3/h11-14,16,18-21,47H,7-10,15,17H2,1-6H3,(H,48,49,50)(H2,36,37,38,39,40);. The predicted octanol–water partition coefficient (Wildman–Crippen LogP) is 8.35. The van der Waals surface area contributed by atoms with Crippen LogP contribution >= 0.6 is 34.4 Å². The molecular formula is C35H43N11O9S5. The number of hydrogen-bond acceptors (Lipinski definition) is 22. The van der Waals surface area contributed by atoms with Gasteiger partial charge in [0.15, 0.2) is 5.16 Å². The van der Waals surface area contributed by atoms with Crippen molar-refractivity contribution in [1.82, 2.24) is 15.0 Å². The number of aliphatic hydroxyl groups is 1. The molecule has 0 amide bonds. The fourth-order valence-electron chi connectivity index (χ4n) is 5.38. The Kier molecular flexibility index (Phi) is 18.1. The summed E-state index contributed by atoms with van der Waals surface area (Å²) in [5.41, 5.74) is 3.44. The van der Waals surface area contributed by atoms with Gasteiger partial charge in [-0.15, -0.1) is 55.8 Å². The smallest absolute Gasteiger partial charge is 0.425 e. The molecule has 0 saturated carbocycles. The van der Waals surface area contributed by atoms with Gasteiger partial charge >= 0.3 is 20.7 Å². The van der Waals surface area contributed by atoms with E-state index >= 15 is 0 Å². The zero-order valence-electron chi connectivity index (χ0n) is 33.3. The second-order valence-electron chi connectivity index (χ2n) is 11.6. The molecule has 25 heteroatoms. The zero-order valence-corrected chi connectivity index (χ0v) is 37.3. The van der Waals surface area contributed by atoms with E-state index in [0.29, 0.717) is 58.2 Å². The summed E-state index contributed by atoms with van der Waals surface area (Å²) < 4.78 is 69.4. The highest BCUT2D eigenvalue weighted by Crippen LogP contribution is 2.43. The summed E-state index contributed by atoms with van der Waals surface area (Å²) in [5, 5.41) is 37.2. The quantitative estimate of drug-likeness (QED) is 0.0324. The first-order valence-electron chi connectivity index (χ1n) is 18.0. The second kappa shape index (κ2) is 22.9. The lowest BCUT2D eigenvalue weighted by molar-refractivity contribution is 0.322. The van der Waals surface area contributed by atoms with Gasteiger partial charge in [0, 0.05) is 44.1 Å². The number of aliphatic hydroxyl groups excluding tert-OH is 1. The van der Waals surface area contributed by atoms with Gasteiger partial charge in [-0.1, -0.05) is 11.8 Å². The Bertz CT molecular complexity index is 2470. The molecule has 20 nitrogen and oxygen atoms in total. The third kappa shape index (κ3) is 13.4. The molecule has 322 valence electrons. The van der Waals surface area contributed by atoms with E-state index in [1.807, 2.05) is 49.6 Å². The van der Waals surface area contributed by atoms with Gasteiger partial charge in [-0.05, 0) is 69.5 Å². The summed E-state index contributed by atoms with van der Waals surface area (Å²) in [6, 6.07) is 13.7. The molecule has 0 saturated heterocycles. The van der Waals surface area contributed by atoms with E-state index in [1.165, 1.54) is 35.2 Å². The van der Waals surface area contributed by atoms with E-state index in [0.717, 1.165) is 40.8 Å². The molecule has 0 radical (unpaired) electrons. The van der Waals surface area contributed by atoms with Crippen molar-refractivity contribution in [2.75, 3.05) is 73.2 Å². The topological polar surface area (TPSA) is 263 Å². The van der Waals surface area contributed by atoms with Crippen molar-refractivity contribution in [1.29, 1.82) is 0 Å². The van der Waals surface area contributed by atoms with Crippen molar-refractivity contribution in [3.8, 4) is 11.5 Å². The van der Waals surface area contributed by atoms with Gasteiger partial charge in [-0.25, -0.2) is 0 Å². The number of rotatable bonds is 20. The first-order valence-corrected chi connectivity index (χ1v) is 23.1. The van der Waals surface area contributed by atoms with E-state index in [4.69, 9.17) is 27.1 Å². The van der Waals surface area contributed by atoms with Crippen molar-refractivity contribution in [2.45, 2.75) is 37.1 Å². The first kappa shape index (κ1) is 47.4. The van der Waals surface area contributed by atoms with Crippen LogP contribution in [0, 0.1) is 0 Å². The van der Waals surface area contributed by atoms with Crippen molar-refractivity contribution in [3.05, 3.63) is 53.9 Å². The molecule has 5 rings (SSSR count). The number of anilines is 6. The average molecular weight is 922 g/mol. The minimum Gasteiger partial charge on any atom is -0.494 e. The van der Waals surface area contributed by atoms with E-state index in [1.54, 1.807) is 20.3 Å². The molecule has 2 aromatic carbocycles. The molecule has 0 aliphatic heterocycles. The fourth-order valence-corrected chi connectivity index (χ4v) is 7.97. The fraction of sp³-hybridized carbons (Fsp3) is 0.343. The average Bonchev–Trinajstić information content (AvgIpc) is 3.93. The number of ether oxygens (including phenoxy) is 2. The predicted molar refractivity (Wildman–Crippen MR) is 234 cm³/mol. The minimum absolute atomic E-state index is 0.0981. The van der Waals surface area contributed by atoms with Crippen LogP contribution in [0.2, 0.25) is 0 Å². The van der Waals surface area contributed by atoms with Crippen LogP contribution in [0.4, 0.5) is 56.0 Å². The lowest BCUT2D eigenvalue weighted by Gasteiger charge is -2.25. The van der Waals surface area contributed by atoms with Crippen molar-refractivity contribution >= 4 is 111 Å². The monoisotopic (exact) mass is 921 g/mol. The molecule has 3 aromatic heterocycles. The zero-order chi connectivity index (χ0) is 43.8. The third-order valence-corrected chi connectivity index (χ3v) is 11.9. The highest BCUT2D eigenvalue weighted by atomic mass is 32.3. The molecule has 0 unspecified atom stereocenters. The Morgan fingerprint density at radius 1 is 0.767 bits per heavy atom. The van der Waals surface area contributed by atoms with Crippen molar-refractivity contribution in [3.63, 3.8) is 0 Å². The molecule has 0 aliphatic rings. The minimum atomic E-state index is -4.40.